The van der Waals surface area contributed by atoms with Crippen LogP contribution in [-0.4, -0.2) is 66.6 Å². The number of carbonyl (C=O) groups excluding carboxylic acids is 1. The average Bonchev–Trinajstić information content (AvgIpc) is 3.57. The molecule has 0 bridgehead atoms. The number of amides is 1. The maximum Gasteiger partial charge on any atom is 0.246 e. The molecule has 3 aliphatic heterocycles. The number of nitrogens with one attached hydrogen (secondary N) is 1. The minimum absolute atomic E-state index is 0.0284. The van der Waals surface area contributed by atoms with E-state index in [-0.39, 0.29) is 17.4 Å². The first-order valence-electron chi connectivity index (χ1n) is 12.3. The lowest BCUT2D eigenvalue weighted by atomic mass is 9.78. The zero-order chi connectivity index (χ0) is 24.4. The van der Waals surface area contributed by atoms with Crippen LogP contribution in [0.25, 0.3) is 33.8 Å². The molecule has 10 heteroatoms. The Balaban J connectivity index is 1.29. The fourth-order valence-electron chi connectivity index (χ4n) is 5.83. The number of carbonyl (C=O) groups is 1. The minimum Gasteiger partial charge on any atom is -0.381 e. The number of hydrogen-bond donors (Lipinski definition) is 1. The highest BCUT2D eigenvalue weighted by molar-refractivity contribution is 6.03. The van der Waals surface area contributed by atoms with Crippen LogP contribution in [0.5, 0.6) is 0 Å². The van der Waals surface area contributed by atoms with Crippen LogP contribution in [0.15, 0.2) is 36.9 Å². The highest BCUT2D eigenvalue weighted by Crippen LogP contribution is 2.46. The van der Waals surface area contributed by atoms with Crippen molar-refractivity contribution < 1.29 is 9.53 Å². The van der Waals surface area contributed by atoms with E-state index in [1.54, 1.807) is 18.7 Å². The average molecular weight is 483 g/mol. The van der Waals surface area contributed by atoms with Crippen molar-refractivity contribution in [2.75, 3.05) is 31.6 Å². The largest absolute Gasteiger partial charge is 0.381 e. The molecule has 1 N–H and O–H groups in total. The number of nitrogens with zero attached hydrogens (tertiary/aromatic N) is 7. The van der Waals surface area contributed by atoms with Crippen LogP contribution in [0.4, 0.5) is 5.69 Å². The second-order valence-corrected chi connectivity index (χ2v) is 9.99. The lowest BCUT2D eigenvalue weighted by molar-refractivity contribution is -0.127. The van der Waals surface area contributed by atoms with Gasteiger partial charge in [-0.2, -0.15) is 0 Å². The Kier molecular flexibility index (Phi) is 4.71. The molecule has 0 saturated carbocycles. The minimum atomic E-state index is -0.294. The summed E-state index contributed by atoms with van der Waals surface area (Å²) in [7, 11) is 0. The van der Waals surface area contributed by atoms with Gasteiger partial charge in [0.15, 0.2) is 5.65 Å². The van der Waals surface area contributed by atoms with Crippen LogP contribution >= 0.6 is 0 Å². The highest BCUT2D eigenvalue weighted by Gasteiger charge is 2.51. The van der Waals surface area contributed by atoms with Crippen molar-refractivity contribution in [3.8, 4) is 22.6 Å². The van der Waals surface area contributed by atoms with Gasteiger partial charge in [-0.3, -0.25) is 9.69 Å². The van der Waals surface area contributed by atoms with Crippen molar-refractivity contribution in [3.05, 3.63) is 48.3 Å². The Hall–Kier alpha value is -3.76. The zero-order valence-electron chi connectivity index (χ0n) is 20.2. The van der Waals surface area contributed by atoms with E-state index >= 15 is 0 Å². The maximum absolute atomic E-state index is 13.0. The van der Waals surface area contributed by atoms with Gasteiger partial charge < -0.3 is 14.6 Å². The fourth-order valence-corrected chi connectivity index (χ4v) is 5.83. The molecule has 2 fully saturated rings. The van der Waals surface area contributed by atoms with Crippen LogP contribution in [0.3, 0.4) is 0 Å². The van der Waals surface area contributed by atoms with Gasteiger partial charge in [0.25, 0.3) is 0 Å². The van der Waals surface area contributed by atoms with Gasteiger partial charge in [-0.25, -0.2) is 24.9 Å². The molecule has 7 rings (SSSR count). The number of imidazole rings is 1. The summed E-state index contributed by atoms with van der Waals surface area (Å²) in [6.45, 7) is 7.99. The van der Waals surface area contributed by atoms with E-state index in [0.717, 1.165) is 77.8 Å². The molecule has 1 amide bonds. The van der Waals surface area contributed by atoms with Crippen LogP contribution in [0.2, 0.25) is 0 Å². The lowest BCUT2D eigenvalue weighted by Crippen LogP contribution is -2.58. The molecular weight excluding hydrogens is 456 g/mol. The summed E-state index contributed by atoms with van der Waals surface area (Å²) in [5.74, 6) is 1.50. The topological polar surface area (TPSA) is 111 Å². The van der Waals surface area contributed by atoms with Gasteiger partial charge in [0.2, 0.25) is 5.91 Å². The summed E-state index contributed by atoms with van der Waals surface area (Å²) in [4.78, 5) is 38.0. The fraction of sp³-hybridized carbons (Fsp3) is 0.385. The van der Waals surface area contributed by atoms with Crippen molar-refractivity contribution >= 4 is 22.8 Å². The highest BCUT2D eigenvalue weighted by atomic mass is 16.5. The number of fused-ring (bicyclic) bond motifs is 2. The van der Waals surface area contributed by atoms with Crippen LogP contribution < -0.4 is 5.32 Å². The molecule has 3 aliphatic rings. The summed E-state index contributed by atoms with van der Waals surface area (Å²) >= 11 is 0. The molecule has 36 heavy (non-hydrogen) atoms. The van der Waals surface area contributed by atoms with Crippen molar-refractivity contribution in [1.29, 1.82) is 0 Å². The molecule has 182 valence electrons. The maximum atomic E-state index is 13.0. The van der Waals surface area contributed by atoms with Gasteiger partial charge >= 0.3 is 0 Å². The number of benzene rings is 1. The van der Waals surface area contributed by atoms with Crippen molar-refractivity contribution in [3.63, 3.8) is 0 Å². The number of likely N-dealkylation sites (tertiary alicyclic amines) is 1. The van der Waals surface area contributed by atoms with Crippen LogP contribution in [-0.2, 0) is 16.1 Å². The molecule has 4 aromatic rings. The Morgan fingerprint density at radius 3 is 2.72 bits per heavy atom. The molecule has 2 saturated heterocycles. The quantitative estimate of drug-likeness (QED) is 0.473. The Morgan fingerprint density at radius 1 is 1.14 bits per heavy atom. The summed E-state index contributed by atoms with van der Waals surface area (Å²) < 4.78 is 7.68. The van der Waals surface area contributed by atoms with E-state index in [1.807, 2.05) is 19.1 Å². The molecular formula is C26H26N8O2. The zero-order valence-corrected chi connectivity index (χ0v) is 20.2. The Morgan fingerprint density at radius 2 is 1.97 bits per heavy atom. The van der Waals surface area contributed by atoms with Gasteiger partial charge in [0.05, 0.1) is 12.2 Å². The summed E-state index contributed by atoms with van der Waals surface area (Å²) in [6, 6.07) is 5.74. The van der Waals surface area contributed by atoms with Gasteiger partial charge in [0.1, 0.15) is 35.2 Å². The molecule has 1 spiro atoms. The molecule has 1 atom stereocenters. The first-order valence-corrected chi connectivity index (χ1v) is 12.3. The van der Waals surface area contributed by atoms with E-state index in [1.165, 1.54) is 0 Å². The number of ether oxygens (including phenoxy) is 1. The molecule has 10 nitrogen and oxygen atoms in total. The van der Waals surface area contributed by atoms with E-state index in [4.69, 9.17) is 9.72 Å². The van der Waals surface area contributed by atoms with E-state index in [9.17, 15) is 4.79 Å². The predicted molar refractivity (Wildman–Crippen MR) is 133 cm³/mol. The normalized spacial score (nSPS) is 20.6. The van der Waals surface area contributed by atoms with E-state index in [0.29, 0.717) is 12.4 Å². The number of hydrogen-bond acceptors (Lipinski definition) is 8. The van der Waals surface area contributed by atoms with Crippen LogP contribution in [0.1, 0.15) is 30.8 Å². The number of aromatic nitrogens is 6. The van der Waals surface area contributed by atoms with Gasteiger partial charge in [0, 0.05) is 60.9 Å². The third-order valence-corrected chi connectivity index (χ3v) is 7.64. The summed E-state index contributed by atoms with van der Waals surface area (Å²) in [5.41, 5.74) is 6.02. The van der Waals surface area contributed by atoms with E-state index in [2.05, 4.69) is 47.7 Å². The molecule has 0 radical (unpaired) electrons. The second kappa shape index (κ2) is 7.87. The Bertz CT molecular complexity index is 1500. The van der Waals surface area contributed by atoms with Crippen LogP contribution in [0, 0.1) is 12.3 Å². The number of aryl methyl sites for hydroxylation is 2. The second-order valence-electron chi connectivity index (χ2n) is 9.99. The van der Waals surface area contributed by atoms with Crippen molar-refractivity contribution in [2.24, 2.45) is 5.41 Å². The molecule has 6 heterocycles. The third kappa shape index (κ3) is 3.17. The molecule has 0 aliphatic carbocycles. The number of rotatable bonds is 4. The van der Waals surface area contributed by atoms with Crippen molar-refractivity contribution in [1.82, 2.24) is 34.4 Å². The monoisotopic (exact) mass is 482 g/mol. The van der Waals surface area contributed by atoms with Gasteiger partial charge in [-0.1, -0.05) is 6.07 Å². The molecule has 3 aromatic heterocycles. The van der Waals surface area contributed by atoms with E-state index < -0.39 is 0 Å². The first kappa shape index (κ1) is 21.5. The predicted octanol–water partition coefficient (Wildman–Crippen LogP) is 2.99. The number of anilines is 1. The van der Waals surface area contributed by atoms with Gasteiger partial charge in [-0.05, 0) is 32.4 Å². The summed E-state index contributed by atoms with van der Waals surface area (Å²) in [6.07, 6.45) is 6.22. The smallest absolute Gasteiger partial charge is 0.246 e. The third-order valence-electron chi connectivity index (χ3n) is 7.64. The SMILES string of the molecule is CCn1c(-c2cnc(C)nc2)nc2c(-c3ccc4c(c3)C(N3CC5(CCOC5)C3)C(=O)N4)ncnc21. The van der Waals surface area contributed by atoms with Crippen molar-refractivity contribution in [2.45, 2.75) is 32.9 Å². The molecule has 1 aromatic carbocycles. The molecule has 1 unspecified atom stereocenters. The lowest BCUT2D eigenvalue weighted by Gasteiger charge is -2.49. The summed E-state index contributed by atoms with van der Waals surface area (Å²) in [5, 5.41) is 3.06. The van der Waals surface area contributed by atoms with Gasteiger partial charge in [-0.15, -0.1) is 0 Å². The standard InChI is InChI=1S/C26H26N8O2/c1-3-34-23(17-9-27-15(2)28-10-17)32-21-20(29-14-30-24(21)34)16-4-5-19-18(8-16)22(25(35)31-19)33-11-26(12-33)6-7-36-13-26/h4-5,8-10,14,22H,3,6-7,11-13H2,1-2H3,(H,31,35). The first-order chi connectivity index (χ1) is 17.5. The Labute approximate surface area is 207 Å².